The van der Waals surface area contributed by atoms with Gasteiger partial charge in [0.2, 0.25) is 0 Å². The van der Waals surface area contributed by atoms with E-state index in [0.717, 1.165) is 56.4 Å². The first kappa shape index (κ1) is 24.7. The minimum absolute atomic E-state index is 0.0529. The summed E-state index contributed by atoms with van der Waals surface area (Å²) in [5.74, 6) is 1.17. The third-order valence-electron chi connectivity index (χ3n) is 6.37. The van der Waals surface area contributed by atoms with Gasteiger partial charge in [0.1, 0.15) is 5.82 Å². The molecule has 1 aliphatic heterocycles. The lowest BCUT2D eigenvalue weighted by molar-refractivity contribution is -0.137. The van der Waals surface area contributed by atoms with Crippen molar-refractivity contribution in [3.05, 3.63) is 47.4 Å². The fourth-order valence-electron chi connectivity index (χ4n) is 4.58. The normalized spacial score (nSPS) is 22.6. The van der Waals surface area contributed by atoms with E-state index >= 15 is 0 Å². The molecule has 9 heteroatoms. The molecule has 0 radical (unpaired) electrons. The molecule has 3 N–H and O–H groups in total. The Kier molecular flexibility index (Phi) is 8.33. The Morgan fingerprint density at radius 2 is 1.81 bits per heavy atom. The van der Waals surface area contributed by atoms with Gasteiger partial charge in [-0.1, -0.05) is 24.8 Å². The number of piperazine rings is 1. The maximum absolute atomic E-state index is 12.8. The molecule has 2 heterocycles. The van der Waals surface area contributed by atoms with Gasteiger partial charge in [-0.15, -0.1) is 0 Å². The summed E-state index contributed by atoms with van der Waals surface area (Å²) in [6, 6.07) is 1.44. The van der Waals surface area contributed by atoms with Crippen molar-refractivity contribution in [1.29, 1.82) is 0 Å². The van der Waals surface area contributed by atoms with Crippen LogP contribution in [0.25, 0.3) is 0 Å². The predicted octanol–water partition coefficient (Wildman–Crippen LogP) is 4.79. The second kappa shape index (κ2) is 10.8. The van der Waals surface area contributed by atoms with Gasteiger partial charge in [0.05, 0.1) is 10.6 Å². The van der Waals surface area contributed by atoms with E-state index in [1.165, 1.54) is 19.3 Å². The van der Waals surface area contributed by atoms with Crippen LogP contribution in [0.15, 0.2) is 36.8 Å². The van der Waals surface area contributed by atoms with E-state index in [0.29, 0.717) is 37.1 Å². The smallest absolute Gasteiger partial charge is 0.402 e. The molecule has 2 aliphatic rings. The summed E-state index contributed by atoms with van der Waals surface area (Å²) in [5, 5.41) is 3.54. The third kappa shape index (κ3) is 7.04. The largest absolute Gasteiger partial charge is 0.417 e. The van der Waals surface area contributed by atoms with Crippen LogP contribution in [0.1, 0.15) is 44.1 Å². The molecule has 0 spiro atoms. The number of hydrogen-bond donors (Lipinski definition) is 2. The van der Waals surface area contributed by atoms with Gasteiger partial charge in [0.25, 0.3) is 0 Å². The van der Waals surface area contributed by atoms with E-state index in [-0.39, 0.29) is 5.02 Å². The highest BCUT2D eigenvalue weighted by molar-refractivity contribution is 6.33. The molecule has 0 atom stereocenters. The average molecular weight is 472 g/mol. The number of nitrogens with one attached hydrogen (secondary N) is 1. The molecule has 1 aliphatic carbocycles. The zero-order chi connectivity index (χ0) is 23.3. The zero-order valence-corrected chi connectivity index (χ0v) is 19.2. The molecule has 1 saturated carbocycles. The molecule has 1 aromatic heterocycles. The van der Waals surface area contributed by atoms with E-state index in [2.05, 4.69) is 28.4 Å². The number of rotatable bonds is 8. The zero-order valence-electron chi connectivity index (χ0n) is 18.4. The van der Waals surface area contributed by atoms with Crippen molar-refractivity contribution < 1.29 is 13.2 Å². The van der Waals surface area contributed by atoms with Crippen LogP contribution in [-0.2, 0) is 6.18 Å². The molecular formula is C23H33ClF3N5. The topological polar surface area (TPSA) is 57.4 Å². The van der Waals surface area contributed by atoms with Gasteiger partial charge in [-0.3, -0.25) is 4.90 Å². The number of anilines is 1. The molecule has 3 rings (SSSR count). The predicted molar refractivity (Wildman–Crippen MR) is 123 cm³/mol. The van der Waals surface area contributed by atoms with Crippen LogP contribution in [-0.4, -0.2) is 48.6 Å². The standard InChI is InChI=1S/C23H33ClF3N5/c1-16(28)13-17(2)30-20-5-3-18(4-6-20)7-8-31-9-11-32(12-10-31)22-21(24)14-19(15-29-22)23(25,26)27/h14-15,18,20,30H,1-13,28H2/t18-,20-. The number of nitrogens with two attached hydrogens (primary N) is 1. The summed E-state index contributed by atoms with van der Waals surface area (Å²) in [7, 11) is 0. The molecule has 0 bridgehead atoms. The summed E-state index contributed by atoms with van der Waals surface area (Å²) in [4.78, 5) is 8.38. The lowest BCUT2D eigenvalue weighted by Gasteiger charge is -2.37. The molecule has 5 nitrogen and oxygen atoms in total. The maximum atomic E-state index is 12.8. The van der Waals surface area contributed by atoms with Gasteiger partial charge in [-0.2, -0.15) is 13.2 Å². The van der Waals surface area contributed by atoms with Crippen LogP contribution in [0.4, 0.5) is 19.0 Å². The van der Waals surface area contributed by atoms with Gasteiger partial charge in [0.15, 0.2) is 0 Å². The Hall–Kier alpha value is -1.93. The fourth-order valence-corrected chi connectivity index (χ4v) is 4.86. The van der Waals surface area contributed by atoms with Crippen LogP contribution < -0.4 is 16.0 Å². The summed E-state index contributed by atoms with van der Waals surface area (Å²) in [6.45, 7) is 11.9. The minimum atomic E-state index is -4.43. The summed E-state index contributed by atoms with van der Waals surface area (Å²) in [6.07, 6.45) is 2.93. The molecule has 0 unspecified atom stereocenters. The minimum Gasteiger partial charge on any atom is -0.402 e. The molecule has 178 valence electrons. The van der Waals surface area contributed by atoms with Crippen molar-refractivity contribution in [3.63, 3.8) is 0 Å². The first-order valence-electron chi connectivity index (χ1n) is 11.2. The molecule has 1 aromatic rings. The second-order valence-electron chi connectivity index (χ2n) is 8.95. The van der Waals surface area contributed by atoms with Crippen molar-refractivity contribution in [2.75, 3.05) is 37.6 Å². The Morgan fingerprint density at radius 1 is 1.16 bits per heavy atom. The van der Waals surface area contributed by atoms with E-state index < -0.39 is 11.7 Å². The highest BCUT2D eigenvalue weighted by Crippen LogP contribution is 2.34. The van der Waals surface area contributed by atoms with Gasteiger partial charge >= 0.3 is 6.18 Å². The van der Waals surface area contributed by atoms with Crippen molar-refractivity contribution in [1.82, 2.24) is 15.2 Å². The number of aromatic nitrogens is 1. The first-order chi connectivity index (χ1) is 15.1. The lowest BCUT2D eigenvalue weighted by Crippen LogP contribution is -2.47. The highest BCUT2D eigenvalue weighted by atomic mass is 35.5. The fraction of sp³-hybridized carbons (Fsp3) is 0.609. The second-order valence-corrected chi connectivity index (χ2v) is 9.35. The van der Waals surface area contributed by atoms with Gasteiger partial charge in [0, 0.05) is 56.2 Å². The van der Waals surface area contributed by atoms with Crippen LogP contribution in [0, 0.1) is 5.92 Å². The molecule has 1 saturated heterocycles. The number of alkyl halides is 3. The van der Waals surface area contributed by atoms with Crippen molar-refractivity contribution >= 4 is 17.4 Å². The summed E-state index contributed by atoms with van der Waals surface area (Å²) < 4.78 is 38.5. The Labute approximate surface area is 193 Å². The van der Waals surface area contributed by atoms with Crippen molar-refractivity contribution in [2.24, 2.45) is 11.7 Å². The monoisotopic (exact) mass is 471 g/mol. The van der Waals surface area contributed by atoms with Crippen LogP contribution >= 0.6 is 11.6 Å². The van der Waals surface area contributed by atoms with Crippen molar-refractivity contribution in [3.8, 4) is 0 Å². The van der Waals surface area contributed by atoms with Crippen LogP contribution in [0.5, 0.6) is 0 Å². The highest BCUT2D eigenvalue weighted by Gasteiger charge is 2.32. The SMILES string of the molecule is C=C(N)CC(=C)N[C@H]1CC[C@H](CCN2CCN(c3ncc(C(F)(F)F)cc3Cl)CC2)CC1. The van der Waals surface area contributed by atoms with Gasteiger partial charge < -0.3 is 16.0 Å². The maximum Gasteiger partial charge on any atom is 0.417 e. The average Bonchev–Trinajstić information content (AvgIpc) is 2.72. The molecule has 0 aromatic carbocycles. The van der Waals surface area contributed by atoms with Gasteiger partial charge in [-0.05, 0) is 50.6 Å². The number of pyridine rings is 1. The number of halogens is 4. The van der Waals surface area contributed by atoms with Gasteiger partial charge in [-0.25, -0.2) is 4.98 Å². The molecule has 0 amide bonds. The Bertz CT molecular complexity index is 797. The molecular weight excluding hydrogens is 439 g/mol. The Morgan fingerprint density at radius 3 is 2.38 bits per heavy atom. The third-order valence-corrected chi connectivity index (χ3v) is 6.65. The summed E-state index contributed by atoms with van der Waals surface area (Å²) in [5.41, 5.74) is 6.41. The summed E-state index contributed by atoms with van der Waals surface area (Å²) >= 11 is 6.10. The molecule has 2 fully saturated rings. The van der Waals surface area contributed by atoms with E-state index in [1.54, 1.807) is 0 Å². The Balaban J connectivity index is 1.37. The van der Waals surface area contributed by atoms with E-state index in [4.69, 9.17) is 17.3 Å². The van der Waals surface area contributed by atoms with Crippen molar-refractivity contribution in [2.45, 2.75) is 50.7 Å². The van der Waals surface area contributed by atoms with Crippen LogP contribution in [0.2, 0.25) is 5.02 Å². The number of nitrogens with zero attached hydrogens (tertiary/aromatic N) is 3. The molecule has 32 heavy (non-hydrogen) atoms. The number of hydrogen-bond acceptors (Lipinski definition) is 5. The lowest BCUT2D eigenvalue weighted by atomic mass is 9.84. The van der Waals surface area contributed by atoms with E-state index in [1.807, 2.05) is 4.90 Å². The van der Waals surface area contributed by atoms with Crippen LogP contribution in [0.3, 0.4) is 0 Å². The van der Waals surface area contributed by atoms with E-state index in [9.17, 15) is 13.2 Å². The first-order valence-corrected chi connectivity index (χ1v) is 11.6. The quantitative estimate of drug-likeness (QED) is 0.571.